The van der Waals surface area contributed by atoms with Crippen LogP contribution in [-0.2, 0) is 7.05 Å². The summed E-state index contributed by atoms with van der Waals surface area (Å²) in [4.78, 5) is 31.6. The fourth-order valence-electron chi connectivity index (χ4n) is 3.82. The van der Waals surface area contributed by atoms with E-state index in [9.17, 15) is 19.1 Å². The third kappa shape index (κ3) is 3.09. The van der Waals surface area contributed by atoms with Gasteiger partial charge in [-0.3, -0.25) is 9.13 Å². The zero-order valence-electron chi connectivity index (χ0n) is 16.9. The molecule has 5 rings (SSSR count). The highest BCUT2D eigenvalue weighted by atomic mass is 19.1. The Morgan fingerprint density at radius 3 is 2.34 bits per heavy atom. The van der Waals surface area contributed by atoms with Crippen LogP contribution >= 0.6 is 0 Å². The summed E-state index contributed by atoms with van der Waals surface area (Å²) in [6.45, 7) is 0. The Balaban J connectivity index is 1.72. The van der Waals surface area contributed by atoms with Gasteiger partial charge in [-0.2, -0.15) is 0 Å². The number of halogens is 1. The largest absolute Gasteiger partial charge is 0.475 e. The van der Waals surface area contributed by atoms with E-state index in [0.717, 1.165) is 5.69 Å². The van der Waals surface area contributed by atoms with Crippen molar-refractivity contribution in [3.63, 3.8) is 0 Å². The average Bonchev–Trinajstić information content (AvgIpc) is 3.35. The number of nitrogens with one attached hydrogen (secondary N) is 1. The molecule has 3 aromatic carbocycles. The number of carboxylic acids is 1. The van der Waals surface area contributed by atoms with Gasteiger partial charge in [0.1, 0.15) is 5.82 Å². The first-order chi connectivity index (χ1) is 15.4. The summed E-state index contributed by atoms with van der Waals surface area (Å²) in [6, 6.07) is 20.4. The molecule has 32 heavy (non-hydrogen) atoms. The van der Waals surface area contributed by atoms with Crippen LogP contribution in [0.1, 0.15) is 10.6 Å². The number of aromatic nitrogens is 4. The van der Waals surface area contributed by atoms with E-state index in [1.807, 2.05) is 36.4 Å². The Hall–Kier alpha value is -4.46. The fraction of sp³-hybridized carbons (Fsp3) is 0.0417. The maximum atomic E-state index is 13.4. The smallest absolute Gasteiger partial charge is 0.371 e. The number of hydrogen-bond donors (Lipinski definition) is 2. The summed E-state index contributed by atoms with van der Waals surface area (Å²) >= 11 is 0. The minimum absolute atomic E-state index is 0.199. The summed E-state index contributed by atoms with van der Waals surface area (Å²) in [5.41, 5.74) is 4.00. The molecule has 0 aliphatic carbocycles. The van der Waals surface area contributed by atoms with Crippen molar-refractivity contribution in [2.75, 3.05) is 0 Å². The Kier molecular flexibility index (Phi) is 4.48. The van der Waals surface area contributed by atoms with E-state index in [1.54, 1.807) is 35.9 Å². The van der Waals surface area contributed by atoms with E-state index < -0.39 is 11.8 Å². The van der Waals surface area contributed by atoms with Crippen molar-refractivity contribution in [2.24, 2.45) is 7.05 Å². The topological polar surface area (TPSA) is 92.9 Å². The first-order valence-corrected chi connectivity index (χ1v) is 9.80. The molecule has 7 nitrogen and oxygen atoms in total. The van der Waals surface area contributed by atoms with Crippen molar-refractivity contribution in [1.29, 1.82) is 0 Å². The highest BCUT2D eigenvalue weighted by Crippen LogP contribution is 2.32. The monoisotopic (exact) mass is 428 g/mol. The van der Waals surface area contributed by atoms with Gasteiger partial charge in [-0.15, -0.1) is 0 Å². The van der Waals surface area contributed by atoms with Crippen LogP contribution in [0.25, 0.3) is 39.2 Å². The van der Waals surface area contributed by atoms with E-state index in [-0.39, 0.29) is 11.5 Å². The van der Waals surface area contributed by atoms with Gasteiger partial charge in [0.2, 0.25) is 5.82 Å². The number of aromatic carboxylic acids is 1. The number of nitrogens with zero attached hydrogens (tertiary/aromatic N) is 3. The lowest BCUT2D eigenvalue weighted by Crippen LogP contribution is -2.20. The highest BCUT2D eigenvalue weighted by molar-refractivity contribution is 5.91. The number of hydrogen-bond acceptors (Lipinski definition) is 3. The van der Waals surface area contributed by atoms with Gasteiger partial charge in [-0.05, 0) is 48.5 Å². The summed E-state index contributed by atoms with van der Waals surface area (Å²) < 4.78 is 16.6. The molecule has 0 fully saturated rings. The van der Waals surface area contributed by atoms with Crippen molar-refractivity contribution in [1.82, 2.24) is 19.1 Å². The van der Waals surface area contributed by atoms with Gasteiger partial charge in [0.15, 0.2) is 0 Å². The fourth-order valence-corrected chi connectivity index (χ4v) is 3.82. The molecule has 2 heterocycles. The van der Waals surface area contributed by atoms with E-state index in [4.69, 9.17) is 0 Å². The van der Waals surface area contributed by atoms with Gasteiger partial charge in [0.05, 0.1) is 28.1 Å². The number of aryl methyl sites for hydroxylation is 1. The first-order valence-electron chi connectivity index (χ1n) is 9.80. The van der Waals surface area contributed by atoms with Gasteiger partial charge < -0.3 is 10.1 Å². The van der Waals surface area contributed by atoms with E-state index in [2.05, 4.69) is 9.97 Å². The number of carbonyl (C=O) groups is 1. The second kappa shape index (κ2) is 7.35. The van der Waals surface area contributed by atoms with Gasteiger partial charge in [0.25, 0.3) is 0 Å². The van der Waals surface area contributed by atoms with Crippen LogP contribution in [0, 0.1) is 5.82 Å². The molecule has 0 aliphatic rings. The van der Waals surface area contributed by atoms with Crippen molar-refractivity contribution < 1.29 is 14.3 Å². The lowest BCUT2D eigenvalue weighted by molar-refractivity contribution is 0.0685. The molecule has 0 spiro atoms. The van der Waals surface area contributed by atoms with Gasteiger partial charge in [-0.25, -0.2) is 19.0 Å². The van der Waals surface area contributed by atoms with Gasteiger partial charge in [0, 0.05) is 18.2 Å². The summed E-state index contributed by atoms with van der Waals surface area (Å²) in [5.74, 6) is -1.83. The molecule has 158 valence electrons. The van der Waals surface area contributed by atoms with E-state index in [0.29, 0.717) is 33.5 Å². The third-order valence-corrected chi connectivity index (χ3v) is 5.38. The zero-order chi connectivity index (χ0) is 22.4. The lowest BCUT2D eigenvalue weighted by atomic mass is 10.0. The zero-order valence-corrected chi connectivity index (χ0v) is 16.9. The SMILES string of the molecule is Cn1c(=O)n(-c2ccccc2)c2ccc(-c3nc(C(=O)O)[nH]c3-c3ccc(F)cc3)cc21. The minimum atomic E-state index is -1.21. The lowest BCUT2D eigenvalue weighted by Gasteiger charge is -2.06. The molecule has 0 bridgehead atoms. The first kappa shape index (κ1) is 19.5. The second-order valence-corrected chi connectivity index (χ2v) is 7.34. The molecule has 8 heteroatoms. The second-order valence-electron chi connectivity index (χ2n) is 7.34. The number of H-pyrrole nitrogens is 1. The Labute approximate surface area is 181 Å². The van der Waals surface area contributed by atoms with Crippen LogP contribution in [0.15, 0.2) is 77.6 Å². The number of carboxylic acid groups (broad SMARTS) is 1. The molecule has 0 saturated carbocycles. The summed E-state index contributed by atoms with van der Waals surface area (Å²) in [6.07, 6.45) is 0. The molecule has 5 aromatic rings. The number of rotatable bonds is 4. The maximum Gasteiger partial charge on any atom is 0.371 e. The van der Waals surface area contributed by atoms with Crippen LogP contribution in [0.2, 0.25) is 0 Å². The van der Waals surface area contributed by atoms with Crippen molar-refractivity contribution in [3.8, 4) is 28.2 Å². The molecule has 0 radical (unpaired) electrons. The minimum Gasteiger partial charge on any atom is -0.475 e. The highest BCUT2D eigenvalue weighted by Gasteiger charge is 2.20. The molecule has 0 atom stereocenters. The molecule has 2 N–H and O–H groups in total. The normalized spacial score (nSPS) is 11.2. The molecule has 2 aromatic heterocycles. The summed E-state index contributed by atoms with van der Waals surface area (Å²) in [7, 11) is 1.68. The molecular formula is C24H17FN4O3. The van der Waals surface area contributed by atoms with Crippen molar-refractivity contribution in [3.05, 3.63) is 94.9 Å². The Morgan fingerprint density at radius 2 is 1.66 bits per heavy atom. The van der Waals surface area contributed by atoms with E-state index in [1.165, 1.54) is 16.7 Å². The molecule has 0 amide bonds. The number of benzene rings is 3. The number of aromatic amines is 1. The van der Waals surface area contributed by atoms with Crippen LogP contribution in [0.5, 0.6) is 0 Å². The average molecular weight is 428 g/mol. The van der Waals surface area contributed by atoms with Gasteiger partial charge >= 0.3 is 11.7 Å². The van der Waals surface area contributed by atoms with Crippen LogP contribution in [-0.4, -0.2) is 30.2 Å². The van der Waals surface area contributed by atoms with Gasteiger partial charge in [-0.1, -0.05) is 24.3 Å². The van der Waals surface area contributed by atoms with E-state index >= 15 is 0 Å². The van der Waals surface area contributed by atoms with Crippen LogP contribution < -0.4 is 5.69 Å². The number of fused-ring (bicyclic) bond motifs is 1. The molecule has 0 aliphatic heterocycles. The predicted molar refractivity (Wildman–Crippen MR) is 118 cm³/mol. The maximum absolute atomic E-state index is 13.4. The standard InChI is InChI=1S/C24H17FN4O3/c1-28-19-13-15(9-12-18(19)29(24(28)32)17-5-3-2-4-6-17)21-20(26-22(27-21)23(30)31)14-7-10-16(25)11-8-14/h2-13H,1H3,(H,26,27)(H,30,31). The molecule has 0 saturated heterocycles. The third-order valence-electron chi connectivity index (χ3n) is 5.38. The van der Waals surface area contributed by atoms with Crippen LogP contribution in [0.3, 0.4) is 0 Å². The van der Waals surface area contributed by atoms with Crippen molar-refractivity contribution >= 4 is 17.0 Å². The predicted octanol–water partition coefficient (Wildman–Crippen LogP) is 4.22. The Bertz CT molecular complexity index is 1530. The van der Waals surface area contributed by atoms with Crippen LogP contribution in [0.4, 0.5) is 4.39 Å². The molecular weight excluding hydrogens is 411 g/mol. The number of imidazole rings is 2. The molecule has 0 unspecified atom stereocenters. The van der Waals surface area contributed by atoms with Crippen molar-refractivity contribution in [2.45, 2.75) is 0 Å². The Morgan fingerprint density at radius 1 is 0.969 bits per heavy atom. The quantitative estimate of drug-likeness (QED) is 0.448. The summed E-state index contributed by atoms with van der Waals surface area (Å²) in [5, 5.41) is 9.44. The number of para-hydroxylation sites is 1.